The third kappa shape index (κ3) is 2.51. The van der Waals surface area contributed by atoms with Crippen molar-refractivity contribution >= 4 is 28.2 Å². The van der Waals surface area contributed by atoms with Crippen LogP contribution in [0.3, 0.4) is 0 Å². The van der Waals surface area contributed by atoms with Crippen LogP contribution in [0.1, 0.15) is 5.69 Å². The molecule has 1 aromatic heterocycles. The Bertz CT molecular complexity index is 537. The number of nitrogens with two attached hydrogens (primary N) is 1. The summed E-state index contributed by atoms with van der Waals surface area (Å²) in [5, 5.41) is 1.82. The van der Waals surface area contributed by atoms with E-state index < -0.39 is 0 Å². The zero-order chi connectivity index (χ0) is 12.4. The van der Waals surface area contributed by atoms with Crippen LogP contribution in [0, 0.1) is 0 Å². The molecule has 0 amide bonds. The molecule has 0 bridgehead atoms. The molecule has 0 spiro atoms. The van der Waals surface area contributed by atoms with Gasteiger partial charge in [0.05, 0.1) is 5.52 Å². The van der Waals surface area contributed by atoms with Crippen LogP contribution in [0.25, 0.3) is 10.9 Å². The molecular formula is C13H16ClN3. The molecule has 17 heavy (non-hydrogen) atoms. The summed E-state index contributed by atoms with van der Waals surface area (Å²) in [6.07, 6.45) is 0.781. The standard InChI is InChI=1S/C13H16ClN3/c1-17(2)13-8-10(5-6-15)16-12-7-9(14)3-4-11(12)13/h3-4,7-8H,5-6,15H2,1-2H3. The van der Waals surface area contributed by atoms with Crippen LogP contribution in [0.2, 0.25) is 5.02 Å². The van der Waals surface area contributed by atoms with Gasteiger partial charge in [-0.3, -0.25) is 4.98 Å². The van der Waals surface area contributed by atoms with Crippen LogP contribution in [0.5, 0.6) is 0 Å². The van der Waals surface area contributed by atoms with Crippen LogP contribution in [0.4, 0.5) is 5.69 Å². The van der Waals surface area contributed by atoms with Crippen molar-refractivity contribution in [3.8, 4) is 0 Å². The first-order valence-corrected chi connectivity index (χ1v) is 5.96. The van der Waals surface area contributed by atoms with Gasteiger partial charge in [0.15, 0.2) is 0 Å². The van der Waals surface area contributed by atoms with Crippen molar-refractivity contribution in [3.63, 3.8) is 0 Å². The topological polar surface area (TPSA) is 42.1 Å². The van der Waals surface area contributed by atoms with E-state index in [1.54, 1.807) is 0 Å². The Morgan fingerprint density at radius 3 is 2.71 bits per heavy atom. The fraction of sp³-hybridized carbons (Fsp3) is 0.308. The number of halogens is 1. The molecule has 90 valence electrons. The Morgan fingerprint density at radius 2 is 2.06 bits per heavy atom. The zero-order valence-electron chi connectivity index (χ0n) is 10.1. The number of fused-ring (bicyclic) bond motifs is 1. The number of hydrogen-bond acceptors (Lipinski definition) is 3. The van der Waals surface area contributed by atoms with E-state index in [4.69, 9.17) is 17.3 Å². The maximum atomic E-state index is 6.00. The number of hydrogen-bond donors (Lipinski definition) is 1. The van der Waals surface area contributed by atoms with Gasteiger partial charge in [0.2, 0.25) is 0 Å². The van der Waals surface area contributed by atoms with Gasteiger partial charge in [0, 0.05) is 42.3 Å². The molecule has 2 N–H and O–H groups in total. The number of rotatable bonds is 3. The average Bonchev–Trinajstić information content (AvgIpc) is 2.27. The summed E-state index contributed by atoms with van der Waals surface area (Å²) in [4.78, 5) is 6.66. The van der Waals surface area contributed by atoms with Crippen molar-refractivity contribution in [2.45, 2.75) is 6.42 Å². The third-order valence-corrected chi connectivity index (χ3v) is 2.92. The summed E-state index contributed by atoms with van der Waals surface area (Å²) in [6, 6.07) is 7.88. The predicted molar refractivity (Wildman–Crippen MR) is 73.8 cm³/mol. The minimum atomic E-state index is 0.603. The van der Waals surface area contributed by atoms with Crippen LogP contribution < -0.4 is 10.6 Å². The van der Waals surface area contributed by atoms with Gasteiger partial charge in [-0.25, -0.2) is 0 Å². The molecule has 0 aliphatic carbocycles. The fourth-order valence-electron chi connectivity index (χ4n) is 1.88. The van der Waals surface area contributed by atoms with Gasteiger partial charge in [-0.15, -0.1) is 0 Å². The second kappa shape index (κ2) is 4.90. The fourth-order valence-corrected chi connectivity index (χ4v) is 2.05. The Labute approximate surface area is 106 Å². The largest absolute Gasteiger partial charge is 0.377 e. The van der Waals surface area contributed by atoms with Crippen molar-refractivity contribution < 1.29 is 0 Å². The van der Waals surface area contributed by atoms with E-state index in [0.29, 0.717) is 11.6 Å². The van der Waals surface area contributed by atoms with Crippen molar-refractivity contribution in [2.75, 3.05) is 25.5 Å². The summed E-state index contributed by atoms with van der Waals surface area (Å²) in [7, 11) is 4.05. The molecule has 3 nitrogen and oxygen atoms in total. The Balaban J connectivity index is 2.67. The van der Waals surface area contributed by atoms with Crippen molar-refractivity contribution in [2.24, 2.45) is 5.73 Å². The van der Waals surface area contributed by atoms with Crippen molar-refractivity contribution in [3.05, 3.63) is 35.0 Å². The van der Waals surface area contributed by atoms with E-state index in [1.165, 1.54) is 0 Å². The summed E-state index contributed by atoms with van der Waals surface area (Å²) < 4.78 is 0. The molecule has 1 heterocycles. The van der Waals surface area contributed by atoms with E-state index in [1.807, 2.05) is 32.3 Å². The van der Waals surface area contributed by atoms with Gasteiger partial charge in [-0.2, -0.15) is 0 Å². The summed E-state index contributed by atoms with van der Waals surface area (Å²) in [5.41, 5.74) is 8.66. The molecule has 0 aliphatic rings. The van der Waals surface area contributed by atoms with Crippen LogP contribution >= 0.6 is 11.6 Å². The van der Waals surface area contributed by atoms with E-state index in [-0.39, 0.29) is 0 Å². The monoisotopic (exact) mass is 249 g/mol. The van der Waals surface area contributed by atoms with Crippen molar-refractivity contribution in [1.82, 2.24) is 4.98 Å². The van der Waals surface area contributed by atoms with Crippen LogP contribution in [0.15, 0.2) is 24.3 Å². The van der Waals surface area contributed by atoms with Gasteiger partial charge >= 0.3 is 0 Å². The lowest BCUT2D eigenvalue weighted by atomic mass is 10.1. The van der Waals surface area contributed by atoms with Gasteiger partial charge in [0.25, 0.3) is 0 Å². The highest BCUT2D eigenvalue weighted by molar-refractivity contribution is 6.31. The van der Waals surface area contributed by atoms with E-state index >= 15 is 0 Å². The Kier molecular flexibility index (Phi) is 3.50. The van der Waals surface area contributed by atoms with Gasteiger partial charge in [-0.05, 0) is 30.8 Å². The maximum absolute atomic E-state index is 6.00. The zero-order valence-corrected chi connectivity index (χ0v) is 10.8. The first kappa shape index (κ1) is 12.1. The molecule has 1 aromatic carbocycles. The molecule has 0 saturated carbocycles. The molecular weight excluding hydrogens is 234 g/mol. The average molecular weight is 250 g/mol. The lowest BCUT2D eigenvalue weighted by Crippen LogP contribution is -2.11. The summed E-state index contributed by atoms with van der Waals surface area (Å²) in [5.74, 6) is 0. The number of nitrogens with zero attached hydrogens (tertiary/aromatic N) is 2. The summed E-state index contributed by atoms with van der Waals surface area (Å²) in [6.45, 7) is 0.603. The third-order valence-electron chi connectivity index (χ3n) is 2.69. The Morgan fingerprint density at radius 1 is 1.29 bits per heavy atom. The Hall–Kier alpha value is -1.32. The molecule has 0 saturated heterocycles. The number of anilines is 1. The molecule has 2 rings (SSSR count). The number of aromatic nitrogens is 1. The van der Waals surface area contributed by atoms with Gasteiger partial charge < -0.3 is 10.6 Å². The van der Waals surface area contributed by atoms with Crippen LogP contribution in [-0.2, 0) is 6.42 Å². The van der Waals surface area contributed by atoms with E-state index in [9.17, 15) is 0 Å². The second-order valence-corrected chi connectivity index (χ2v) is 4.66. The predicted octanol–water partition coefficient (Wildman–Crippen LogP) is 2.46. The van der Waals surface area contributed by atoms with Gasteiger partial charge in [0.1, 0.15) is 0 Å². The quantitative estimate of drug-likeness (QED) is 0.909. The molecule has 4 heteroatoms. The van der Waals surface area contributed by atoms with Crippen molar-refractivity contribution in [1.29, 1.82) is 0 Å². The van der Waals surface area contributed by atoms with Crippen LogP contribution in [-0.4, -0.2) is 25.6 Å². The minimum absolute atomic E-state index is 0.603. The molecule has 0 atom stereocenters. The van der Waals surface area contributed by atoms with E-state index in [0.717, 1.165) is 28.7 Å². The highest BCUT2D eigenvalue weighted by atomic mass is 35.5. The molecule has 2 aromatic rings. The number of pyridine rings is 1. The first-order valence-electron chi connectivity index (χ1n) is 5.58. The highest BCUT2D eigenvalue weighted by Gasteiger charge is 2.07. The molecule has 0 radical (unpaired) electrons. The molecule has 0 fully saturated rings. The van der Waals surface area contributed by atoms with Gasteiger partial charge in [-0.1, -0.05) is 11.6 Å². The minimum Gasteiger partial charge on any atom is -0.377 e. The number of benzene rings is 1. The maximum Gasteiger partial charge on any atom is 0.0740 e. The summed E-state index contributed by atoms with van der Waals surface area (Å²) >= 11 is 6.00. The first-order chi connectivity index (χ1) is 8.11. The highest BCUT2D eigenvalue weighted by Crippen LogP contribution is 2.27. The van der Waals surface area contributed by atoms with E-state index in [2.05, 4.69) is 16.0 Å². The molecule has 0 unspecified atom stereocenters. The lowest BCUT2D eigenvalue weighted by molar-refractivity contribution is 0.929. The lowest BCUT2D eigenvalue weighted by Gasteiger charge is -2.16. The second-order valence-electron chi connectivity index (χ2n) is 4.23. The smallest absolute Gasteiger partial charge is 0.0740 e. The SMILES string of the molecule is CN(C)c1cc(CCN)nc2cc(Cl)ccc12. The molecule has 0 aliphatic heterocycles. The normalized spacial score (nSPS) is 10.8.